The van der Waals surface area contributed by atoms with Crippen molar-refractivity contribution in [1.29, 1.82) is 26.3 Å². The third kappa shape index (κ3) is 22.8. The predicted octanol–water partition coefficient (Wildman–Crippen LogP) is 17.0. The van der Waals surface area contributed by atoms with Crippen LogP contribution >= 0.6 is 22.3 Å². The lowest BCUT2D eigenvalue weighted by molar-refractivity contribution is -0.385. The fourth-order valence-corrected chi connectivity index (χ4v) is 11.2. The minimum Gasteiger partial charge on any atom is -0.453 e. The molecule has 9 aromatic carbocycles. The second-order valence-corrected chi connectivity index (χ2v) is 25.1. The topological polar surface area (TPSA) is 343 Å². The third-order valence-electron chi connectivity index (χ3n) is 13.3. The molecule has 102 heavy (non-hydrogen) atoms. The van der Waals surface area contributed by atoms with E-state index in [1.807, 2.05) is 26.2 Å². The molecule has 10 rings (SSSR count). The summed E-state index contributed by atoms with van der Waals surface area (Å²) in [5.74, 6) is -8.33. The van der Waals surface area contributed by atoms with E-state index in [1.54, 1.807) is 18.2 Å². The fourth-order valence-electron chi connectivity index (χ4n) is 8.40. The average molecular weight is 1490 g/mol. The summed E-state index contributed by atoms with van der Waals surface area (Å²) < 4.78 is 178. The summed E-state index contributed by atoms with van der Waals surface area (Å²) >= 11 is 5.50. The average Bonchev–Trinajstić information content (AvgIpc) is 0.774. The SMILES string of the molecule is C.C.CN(C)C1CCN(S(=O)(=O)c2cc(C#N)ccc2Oc2cc(F)ccc2F)CC1.N#Cc1ccc(Cl)c([N+](=O)[O-])c1.N#Cc1ccc(Oc2cc(F)ccc2F)c(N)c1.N#Cc1ccc(Oc2cc(F)ccc2F)c(S(=O)(=O)Cl)c1.N#Cc1ccc(Oc2cc(F)ccc2F)c([N+](=O)[O-])c1. The number of nitrogens with zero attached hydrogens (tertiary/aromatic N) is 9. The summed E-state index contributed by atoms with van der Waals surface area (Å²) in [7, 11) is 0.919. The maximum atomic E-state index is 14.0. The van der Waals surface area contributed by atoms with Crippen LogP contribution < -0.4 is 24.7 Å². The van der Waals surface area contributed by atoms with Gasteiger partial charge in [-0.05, 0) is 154 Å². The van der Waals surface area contributed by atoms with E-state index in [4.69, 9.17) is 68.0 Å². The summed E-state index contributed by atoms with van der Waals surface area (Å²) in [4.78, 5) is 21.1. The van der Waals surface area contributed by atoms with Crippen LogP contribution in [0.5, 0.6) is 46.0 Å². The molecule has 1 saturated heterocycles. The molecule has 0 aromatic heterocycles. The fraction of sp³-hybridized carbons (Fsp3) is 0.132. The van der Waals surface area contributed by atoms with Gasteiger partial charge in [-0.25, -0.2) is 52.0 Å². The number of nitro groups is 2. The molecule has 2 N–H and O–H groups in total. The molecule has 0 radical (unpaired) electrons. The van der Waals surface area contributed by atoms with Crippen molar-refractivity contribution in [3.63, 3.8) is 0 Å². The Hall–Kier alpha value is -11.9. The predicted molar refractivity (Wildman–Crippen MR) is 356 cm³/mol. The number of nitro benzene ring substituents is 2. The molecule has 1 aliphatic rings. The standard InChI is InChI=1S/C20H21F2N3O3S.C13H6ClF2NO3S.C13H6F2N2O3.C13H8F2N2O.C7H3ClN2O2.2CH4/c1-24(2)16-7-9-25(10-8-16)29(26,27)20-11-14(13-23)3-6-18(20)28-19-12-15(21)4-5-17(19)22;14-21(18,19)13-5-8(7-17)1-4-11(13)20-12-6-9(15)2-3-10(12)16;14-9-2-3-10(15)13(6-9)20-12-4-1-8(7-16)5-11(12)17(18)19;14-9-2-3-10(15)13(6-9)18-12-4-1-8(7-16)5-11(12)17;8-6-2-1-5(4-9)3-7(6)10(11)12;;/h3-6,11-12,16H,7-10H2,1-2H3;1-6H;1-6H;1-6H,17H2;1-3H;2*1H4. The van der Waals surface area contributed by atoms with Crippen LogP contribution in [-0.2, 0) is 19.1 Å². The van der Waals surface area contributed by atoms with Gasteiger partial charge in [0.2, 0.25) is 15.8 Å². The number of benzene rings is 9. The minimum absolute atomic E-state index is 0. The van der Waals surface area contributed by atoms with E-state index in [-0.39, 0.29) is 93.2 Å². The van der Waals surface area contributed by atoms with Crippen molar-refractivity contribution in [3.8, 4) is 76.3 Å². The Morgan fingerprint density at radius 1 is 0.461 bits per heavy atom. The molecule has 0 aliphatic carbocycles. The number of ether oxygens (including phenoxy) is 4. The number of nitrogens with two attached hydrogens (primary N) is 1. The lowest BCUT2D eigenvalue weighted by atomic mass is 10.1. The molecule has 1 aliphatic heterocycles. The van der Waals surface area contributed by atoms with Crippen molar-refractivity contribution in [2.24, 2.45) is 0 Å². The second-order valence-electron chi connectivity index (χ2n) is 20.2. The van der Waals surface area contributed by atoms with Crippen LogP contribution in [0.25, 0.3) is 0 Å². The first-order valence-corrected chi connectivity index (χ1v) is 32.0. The summed E-state index contributed by atoms with van der Waals surface area (Å²) in [6.45, 7) is 0.630. The number of hydrogen-bond acceptors (Lipinski definition) is 19. The Kier molecular flexibility index (Phi) is 30.2. The van der Waals surface area contributed by atoms with E-state index in [2.05, 4.69) is 4.90 Å². The molecule has 0 amide bonds. The van der Waals surface area contributed by atoms with Gasteiger partial charge in [0.1, 0.15) is 49.6 Å². The minimum atomic E-state index is -4.23. The highest BCUT2D eigenvalue weighted by molar-refractivity contribution is 8.13. The Morgan fingerprint density at radius 3 is 1.14 bits per heavy atom. The van der Waals surface area contributed by atoms with Gasteiger partial charge in [0.15, 0.2) is 52.0 Å². The van der Waals surface area contributed by atoms with Gasteiger partial charge in [-0.15, -0.1) is 0 Å². The molecule has 1 fully saturated rings. The van der Waals surface area contributed by atoms with Gasteiger partial charge in [-0.2, -0.15) is 30.6 Å². The van der Waals surface area contributed by atoms with Crippen LogP contribution in [0.4, 0.5) is 52.2 Å². The zero-order valence-electron chi connectivity index (χ0n) is 51.1. The van der Waals surface area contributed by atoms with Crippen LogP contribution in [0.2, 0.25) is 5.02 Å². The molecule has 0 unspecified atom stereocenters. The molecule has 0 spiro atoms. The van der Waals surface area contributed by atoms with E-state index >= 15 is 0 Å². The van der Waals surface area contributed by atoms with Crippen LogP contribution in [0.1, 0.15) is 55.5 Å². The Labute approximate surface area is 587 Å². The summed E-state index contributed by atoms with van der Waals surface area (Å²) in [6.07, 6.45) is 1.33. The molecule has 9 aromatic rings. The largest absolute Gasteiger partial charge is 0.453 e. The van der Waals surface area contributed by atoms with E-state index < -0.39 is 103 Å². The van der Waals surface area contributed by atoms with Crippen molar-refractivity contribution in [2.75, 3.05) is 32.9 Å². The highest BCUT2D eigenvalue weighted by Crippen LogP contribution is 2.38. The van der Waals surface area contributed by atoms with Crippen LogP contribution in [0, 0.1) is 123 Å². The lowest BCUT2D eigenvalue weighted by Crippen LogP contribution is -2.44. The van der Waals surface area contributed by atoms with Crippen molar-refractivity contribution >= 4 is 58.4 Å². The van der Waals surface area contributed by atoms with Gasteiger partial charge in [0, 0.05) is 66.2 Å². The molecule has 34 heteroatoms. The number of hydrogen-bond donors (Lipinski definition) is 1. The van der Waals surface area contributed by atoms with Gasteiger partial charge in [0.05, 0.1) is 73.7 Å². The molecular weight excluding hydrogens is 1440 g/mol. The summed E-state index contributed by atoms with van der Waals surface area (Å²) in [6, 6.07) is 38.8. The normalized spacial score (nSPS) is 11.5. The Morgan fingerprint density at radius 2 is 0.775 bits per heavy atom. The van der Waals surface area contributed by atoms with Crippen molar-refractivity contribution in [3.05, 3.63) is 263 Å². The monoisotopic (exact) mass is 1490 g/mol. The van der Waals surface area contributed by atoms with Crippen molar-refractivity contribution < 1.29 is 80.8 Å². The molecule has 0 atom stereocenters. The molecule has 22 nitrogen and oxygen atoms in total. The van der Waals surface area contributed by atoms with Crippen LogP contribution in [0.15, 0.2) is 174 Å². The maximum absolute atomic E-state index is 14.0. The number of nitriles is 5. The molecule has 0 bridgehead atoms. The van der Waals surface area contributed by atoms with E-state index in [1.165, 1.54) is 65.0 Å². The Bertz CT molecular complexity index is 5050. The lowest BCUT2D eigenvalue weighted by Gasteiger charge is -2.34. The quantitative estimate of drug-likeness (QED) is 0.0347. The van der Waals surface area contributed by atoms with Crippen LogP contribution in [0.3, 0.4) is 0 Å². The maximum Gasteiger partial charge on any atom is 0.312 e. The molecule has 0 saturated carbocycles. The molecular formula is C68H52Cl2F8N10O12S2. The van der Waals surface area contributed by atoms with Crippen LogP contribution in [-0.4, -0.2) is 69.1 Å². The smallest absolute Gasteiger partial charge is 0.312 e. The number of nitrogen functional groups attached to an aromatic ring is 1. The number of rotatable bonds is 14. The zero-order chi connectivity index (χ0) is 73.8. The van der Waals surface area contributed by atoms with Gasteiger partial charge in [-0.3, -0.25) is 20.2 Å². The van der Waals surface area contributed by atoms with E-state index in [0.29, 0.717) is 31.5 Å². The second kappa shape index (κ2) is 37.3. The van der Waals surface area contributed by atoms with E-state index in [9.17, 15) is 77.4 Å². The van der Waals surface area contributed by atoms with E-state index in [0.717, 1.165) is 103 Å². The van der Waals surface area contributed by atoms with Gasteiger partial charge >= 0.3 is 5.69 Å². The Balaban J connectivity index is 0.000000275. The number of halogens is 10. The highest BCUT2D eigenvalue weighted by Gasteiger charge is 2.33. The molecule has 528 valence electrons. The molecule has 1 heterocycles. The van der Waals surface area contributed by atoms with Gasteiger partial charge < -0.3 is 29.6 Å². The first-order chi connectivity index (χ1) is 47.3. The zero-order valence-corrected chi connectivity index (χ0v) is 54.2. The number of sulfonamides is 1. The highest BCUT2D eigenvalue weighted by atomic mass is 35.7. The number of piperidine rings is 1. The van der Waals surface area contributed by atoms with Crippen molar-refractivity contribution in [2.45, 2.75) is 43.5 Å². The summed E-state index contributed by atoms with van der Waals surface area (Å²) in [5.41, 5.74) is 5.87. The first-order valence-electron chi connectivity index (χ1n) is 27.8. The van der Waals surface area contributed by atoms with Crippen molar-refractivity contribution in [1.82, 2.24) is 9.21 Å². The number of anilines is 1. The first kappa shape index (κ1) is 82.5. The summed E-state index contributed by atoms with van der Waals surface area (Å²) in [5, 5.41) is 64.9. The van der Waals surface area contributed by atoms with Gasteiger partial charge in [-0.1, -0.05) is 26.5 Å². The van der Waals surface area contributed by atoms with Gasteiger partial charge in [0.25, 0.3) is 14.7 Å². The third-order valence-corrected chi connectivity index (χ3v) is 16.9.